The van der Waals surface area contributed by atoms with Crippen molar-refractivity contribution in [2.45, 2.75) is 72.3 Å². The van der Waals surface area contributed by atoms with Gasteiger partial charge in [-0.25, -0.2) is 4.39 Å². The first-order chi connectivity index (χ1) is 13.5. The van der Waals surface area contributed by atoms with Gasteiger partial charge in [-0.1, -0.05) is 63.5 Å². The van der Waals surface area contributed by atoms with Gasteiger partial charge in [0, 0.05) is 16.4 Å². The lowest BCUT2D eigenvalue weighted by Gasteiger charge is -2.22. The normalized spacial score (nSPS) is 16.8. The average Bonchev–Trinajstić information content (AvgIpc) is 3.11. The zero-order valence-electron chi connectivity index (χ0n) is 17.7. The molecule has 0 saturated carbocycles. The topological polar surface area (TPSA) is 9.23 Å². The number of hydrogen-bond acceptors (Lipinski definition) is 2. The lowest BCUT2D eigenvalue weighted by molar-refractivity contribution is 0.0446. The Morgan fingerprint density at radius 1 is 1.11 bits per heavy atom. The third-order valence-electron chi connectivity index (χ3n) is 5.66. The Balaban J connectivity index is 1.73. The van der Waals surface area contributed by atoms with Crippen molar-refractivity contribution in [3.8, 4) is 0 Å². The number of rotatable bonds is 9. The van der Waals surface area contributed by atoms with E-state index in [-0.39, 0.29) is 5.82 Å². The van der Waals surface area contributed by atoms with Crippen molar-refractivity contribution in [2.75, 3.05) is 6.61 Å². The van der Waals surface area contributed by atoms with Gasteiger partial charge in [-0.3, -0.25) is 0 Å². The quantitative estimate of drug-likeness (QED) is 0.415. The Hall–Kier alpha value is -1.45. The van der Waals surface area contributed by atoms with E-state index in [9.17, 15) is 0 Å². The fourth-order valence-corrected chi connectivity index (χ4v) is 5.13. The minimum Gasteiger partial charge on any atom is -0.378 e. The average molecular weight is 401 g/mol. The smallest absolute Gasteiger partial charge is 0.148 e. The lowest BCUT2D eigenvalue weighted by atomic mass is 9.87. The molecule has 1 aromatic carbocycles. The number of thiophene rings is 1. The largest absolute Gasteiger partial charge is 0.378 e. The van der Waals surface area contributed by atoms with Crippen molar-refractivity contribution in [3.05, 3.63) is 52.2 Å². The fourth-order valence-electron chi connectivity index (χ4n) is 3.93. The first kappa shape index (κ1) is 21.3. The molecule has 28 heavy (non-hydrogen) atoms. The maximum atomic E-state index is 15.2. The number of benzene rings is 1. The van der Waals surface area contributed by atoms with Crippen LogP contribution >= 0.6 is 11.3 Å². The number of allylic oxidation sites excluding steroid dienone is 3. The molecule has 1 aromatic heterocycles. The van der Waals surface area contributed by atoms with Gasteiger partial charge < -0.3 is 4.74 Å². The van der Waals surface area contributed by atoms with Crippen molar-refractivity contribution in [3.63, 3.8) is 0 Å². The van der Waals surface area contributed by atoms with Crippen LogP contribution in [0.4, 0.5) is 4.39 Å². The van der Waals surface area contributed by atoms with Crippen LogP contribution in [-0.2, 0) is 11.2 Å². The van der Waals surface area contributed by atoms with Crippen LogP contribution in [0.2, 0.25) is 0 Å². The number of fused-ring (bicyclic) bond motifs is 1. The molecule has 1 aliphatic rings. The molecule has 2 unspecified atom stereocenters. The molecule has 1 nitrogen and oxygen atoms in total. The molecular weight excluding hydrogens is 367 g/mol. The van der Waals surface area contributed by atoms with Crippen molar-refractivity contribution in [2.24, 2.45) is 5.92 Å². The van der Waals surface area contributed by atoms with Crippen molar-refractivity contribution < 1.29 is 9.13 Å². The van der Waals surface area contributed by atoms with Gasteiger partial charge in [0.15, 0.2) is 0 Å². The van der Waals surface area contributed by atoms with Gasteiger partial charge >= 0.3 is 0 Å². The molecular formula is C25H33FOS. The highest BCUT2D eigenvalue weighted by molar-refractivity contribution is 7.19. The highest BCUT2D eigenvalue weighted by atomic mass is 32.1. The van der Waals surface area contributed by atoms with Gasteiger partial charge in [-0.15, -0.1) is 11.3 Å². The third-order valence-corrected chi connectivity index (χ3v) is 6.86. The lowest BCUT2D eigenvalue weighted by Crippen LogP contribution is -2.16. The Bertz CT molecular complexity index is 861. The number of aryl methyl sites for hydroxylation is 1. The van der Waals surface area contributed by atoms with Gasteiger partial charge in [0.2, 0.25) is 0 Å². The van der Waals surface area contributed by atoms with Gasteiger partial charge in [-0.2, -0.15) is 0 Å². The number of halogens is 1. The summed E-state index contributed by atoms with van der Waals surface area (Å²) in [5, 5.41) is 1.04. The van der Waals surface area contributed by atoms with E-state index in [2.05, 4.69) is 52.0 Å². The molecule has 0 saturated heterocycles. The van der Waals surface area contributed by atoms with Gasteiger partial charge in [0.25, 0.3) is 0 Å². The molecule has 0 fully saturated rings. The summed E-state index contributed by atoms with van der Waals surface area (Å²) in [7, 11) is 0. The van der Waals surface area contributed by atoms with E-state index in [1.807, 2.05) is 6.07 Å². The maximum absolute atomic E-state index is 15.2. The molecule has 1 heterocycles. The second-order valence-corrected chi connectivity index (χ2v) is 9.21. The maximum Gasteiger partial charge on any atom is 0.148 e. The summed E-state index contributed by atoms with van der Waals surface area (Å²) in [6.45, 7) is 9.51. The van der Waals surface area contributed by atoms with Gasteiger partial charge in [0.1, 0.15) is 5.82 Å². The molecule has 0 radical (unpaired) electrons. The summed E-state index contributed by atoms with van der Waals surface area (Å²) < 4.78 is 22.0. The molecule has 0 bridgehead atoms. The molecule has 152 valence electrons. The zero-order chi connectivity index (χ0) is 20.1. The Morgan fingerprint density at radius 3 is 2.61 bits per heavy atom. The van der Waals surface area contributed by atoms with Crippen LogP contribution in [0.15, 0.2) is 35.9 Å². The Kier molecular flexibility index (Phi) is 7.48. The van der Waals surface area contributed by atoms with Crippen molar-refractivity contribution in [1.29, 1.82) is 0 Å². The third kappa shape index (κ3) is 4.93. The second-order valence-electron chi connectivity index (χ2n) is 8.08. The van der Waals surface area contributed by atoms with E-state index < -0.39 is 0 Å². The minimum absolute atomic E-state index is 0.0438. The summed E-state index contributed by atoms with van der Waals surface area (Å²) in [4.78, 5) is 1.28. The molecule has 2 atom stereocenters. The van der Waals surface area contributed by atoms with Gasteiger partial charge in [-0.05, 0) is 49.6 Å². The van der Waals surface area contributed by atoms with E-state index in [1.54, 1.807) is 11.3 Å². The van der Waals surface area contributed by atoms with E-state index in [1.165, 1.54) is 10.5 Å². The summed E-state index contributed by atoms with van der Waals surface area (Å²) in [6.07, 6.45) is 10.9. The van der Waals surface area contributed by atoms with E-state index in [0.29, 0.717) is 12.0 Å². The molecule has 1 aliphatic carbocycles. The fraction of sp³-hybridized carbons (Fsp3) is 0.520. The van der Waals surface area contributed by atoms with E-state index >= 15 is 4.39 Å². The summed E-state index contributed by atoms with van der Waals surface area (Å²) >= 11 is 1.61. The SMILES string of the molecule is CCCc1cc2ccc(C3=CC=C(C(C)COC(C)CCC)CC3)c(F)c2s1. The van der Waals surface area contributed by atoms with Crippen LogP contribution in [0, 0.1) is 11.7 Å². The van der Waals surface area contributed by atoms with Crippen LogP contribution in [0.3, 0.4) is 0 Å². The van der Waals surface area contributed by atoms with Crippen LogP contribution in [0.5, 0.6) is 0 Å². The van der Waals surface area contributed by atoms with Crippen LogP contribution in [0.25, 0.3) is 15.7 Å². The highest BCUT2D eigenvalue weighted by Gasteiger charge is 2.18. The zero-order valence-corrected chi connectivity index (χ0v) is 18.5. The summed E-state index contributed by atoms with van der Waals surface area (Å²) in [6, 6.07) is 6.18. The van der Waals surface area contributed by atoms with E-state index in [4.69, 9.17) is 4.74 Å². The molecule has 0 aliphatic heterocycles. The molecule has 0 spiro atoms. The molecule has 0 amide bonds. The predicted octanol–water partition coefficient (Wildman–Crippen LogP) is 7.94. The summed E-state index contributed by atoms with van der Waals surface area (Å²) in [5.74, 6) is 0.371. The minimum atomic E-state index is -0.0438. The monoisotopic (exact) mass is 400 g/mol. The molecule has 0 N–H and O–H groups in total. The van der Waals surface area contributed by atoms with Crippen LogP contribution < -0.4 is 0 Å². The van der Waals surface area contributed by atoms with Crippen molar-refractivity contribution >= 4 is 27.0 Å². The van der Waals surface area contributed by atoms with E-state index in [0.717, 1.165) is 66.4 Å². The standard InChI is InChI=1S/C25H33FOS/c1-5-7-18(4)27-16-17(3)19-9-11-20(12-10-19)23-14-13-21-15-22(8-6-2)28-25(21)24(23)26/h9,11,13-15,17-18H,5-8,10,12,16H2,1-4H3. The predicted molar refractivity (Wildman–Crippen MR) is 121 cm³/mol. The van der Waals surface area contributed by atoms with Crippen LogP contribution in [-0.4, -0.2) is 12.7 Å². The second kappa shape index (κ2) is 9.84. The van der Waals surface area contributed by atoms with Crippen LogP contribution in [0.1, 0.15) is 70.2 Å². The molecule has 3 heteroatoms. The van der Waals surface area contributed by atoms with Crippen molar-refractivity contribution in [1.82, 2.24) is 0 Å². The first-order valence-corrected chi connectivity index (χ1v) is 11.6. The first-order valence-electron chi connectivity index (χ1n) is 10.8. The Morgan fingerprint density at radius 2 is 1.93 bits per heavy atom. The Labute approximate surface area is 173 Å². The molecule has 3 rings (SSSR count). The number of hydrogen-bond donors (Lipinski definition) is 0. The number of ether oxygens (including phenoxy) is 1. The molecule has 2 aromatic rings. The van der Waals surface area contributed by atoms with Gasteiger partial charge in [0.05, 0.1) is 17.4 Å². The summed E-state index contributed by atoms with van der Waals surface area (Å²) in [5.41, 5.74) is 3.30. The highest BCUT2D eigenvalue weighted by Crippen LogP contribution is 2.36.